The zero-order valence-electron chi connectivity index (χ0n) is 7.88. The molecular weight excluding hydrogens is 168 g/mol. The summed E-state index contributed by atoms with van der Waals surface area (Å²) in [6, 6.07) is 0.544. The molecule has 0 aromatic carbocycles. The molecule has 13 heavy (non-hydrogen) atoms. The Morgan fingerprint density at radius 2 is 2.46 bits per heavy atom. The smallest absolute Gasteiger partial charge is 0.303 e. The zero-order valence-corrected chi connectivity index (χ0v) is 7.88. The lowest BCUT2D eigenvalue weighted by Crippen LogP contribution is -2.43. The van der Waals surface area contributed by atoms with Crippen LogP contribution < -0.4 is 10.6 Å². The molecule has 0 bridgehead atoms. The van der Waals surface area contributed by atoms with Gasteiger partial charge in [0.05, 0.1) is 0 Å². The molecule has 0 amide bonds. The molecular formula is C9H18N2O2. The molecule has 1 atom stereocenters. The van der Waals surface area contributed by atoms with Crippen molar-refractivity contribution in [3.63, 3.8) is 0 Å². The van der Waals surface area contributed by atoms with Crippen molar-refractivity contribution in [2.24, 2.45) is 0 Å². The molecule has 0 aliphatic carbocycles. The van der Waals surface area contributed by atoms with E-state index in [1.54, 1.807) is 0 Å². The summed E-state index contributed by atoms with van der Waals surface area (Å²) in [7, 11) is 0. The van der Waals surface area contributed by atoms with Gasteiger partial charge in [0.1, 0.15) is 0 Å². The highest BCUT2D eigenvalue weighted by Crippen LogP contribution is 2.01. The Bertz CT molecular complexity index is 156. The summed E-state index contributed by atoms with van der Waals surface area (Å²) in [6.07, 6.45) is 3.43. The van der Waals surface area contributed by atoms with Crippen LogP contribution >= 0.6 is 0 Å². The lowest BCUT2D eigenvalue weighted by molar-refractivity contribution is -0.137. The van der Waals surface area contributed by atoms with Gasteiger partial charge in [0.2, 0.25) is 0 Å². The van der Waals surface area contributed by atoms with Crippen LogP contribution in [0.15, 0.2) is 0 Å². The summed E-state index contributed by atoms with van der Waals surface area (Å²) < 4.78 is 0. The van der Waals surface area contributed by atoms with Gasteiger partial charge in [-0.15, -0.1) is 0 Å². The number of carboxylic acids is 1. The van der Waals surface area contributed by atoms with Gasteiger partial charge in [-0.25, -0.2) is 0 Å². The quantitative estimate of drug-likeness (QED) is 0.536. The van der Waals surface area contributed by atoms with Crippen LogP contribution in [0.4, 0.5) is 0 Å². The first-order valence-electron chi connectivity index (χ1n) is 4.95. The average molecular weight is 186 g/mol. The maximum atomic E-state index is 10.2. The maximum absolute atomic E-state index is 10.2. The van der Waals surface area contributed by atoms with Crippen LogP contribution in [0.2, 0.25) is 0 Å². The molecule has 1 saturated heterocycles. The molecule has 1 heterocycles. The van der Waals surface area contributed by atoms with E-state index in [-0.39, 0.29) is 6.42 Å². The zero-order chi connectivity index (χ0) is 9.52. The van der Waals surface area contributed by atoms with Gasteiger partial charge < -0.3 is 15.7 Å². The highest BCUT2D eigenvalue weighted by Gasteiger charge is 2.11. The maximum Gasteiger partial charge on any atom is 0.303 e. The summed E-state index contributed by atoms with van der Waals surface area (Å²) in [6.45, 7) is 2.96. The topological polar surface area (TPSA) is 61.4 Å². The van der Waals surface area contributed by atoms with E-state index in [4.69, 9.17) is 5.11 Å². The summed E-state index contributed by atoms with van der Waals surface area (Å²) in [4.78, 5) is 10.2. The number of hydrogen-bond acceptors (Lipinski definition) is 3. The predicted octanol–water partition coefficient (Wildman–Crippen LogP) is 0.193. The van der Waals surface area contributed by atoms with Crippen molar-refractivity contribution in [1.82, 2.24) is 10.6 Å². The van der Waals surface area contributed by atoms with Crippen molar-refractivity contribution >= 4 is 5.97 Å². The van der Waals surface area contributed by atoms with Crippen molar-refractivity contribution in [3.05, 3.63) is 0 Å². The van der Waals surface area contributed by atoms with Crippen LogP contribution in [-0.4, -0.2) is 36.8 Å². The number of hydrogen-bond donors (Lipinski definition) is 3. The molecule has 1 rings (SSSR count). The fourth-order valence-electron chi connectivity index (χ4n) is 1.57. The van der Waals surface area contributed by atoms with E-state index in [9.17, 15) is 4.79 Å². The summed E-state index contributed by atoms with van der Waals surface area (Å²) in [5.41, 5.74) is 0. The third kappa shape index (κ3) is 4.85. The Kier molecular flexibility index (Phi) is 4.78. The third-order valence-electron chi connectivity index (χ3n) is 2.30. The lowest BCUT2D eigenvalue weighted by Gasteiger charge is -2.23. The van der Waals surface area contributed by atoms with E-state index in [1.807, 2.05) is 0 Å². The first kappa shape index (κ1) is 10.5. The normalized spacial score (nSPS) is 22.9. The van der Waals surface area contributed by atoms with Gasteiger partial charge >= 0.3 is 5.97 Å². The van der Waals surface area contributed by atoms with Crippen molar-refractivity contribution in [1.29, 1.82) is 0 Å². The minimum Gasteiger partial charge on any atom is -0.481 e. The van der Waals surface area contributed by atoms with Crippen LogP contribution in [0.3, 0.4) is 0 Å². The fourth-order valence-corrected chi connectivity index (χ4v) is 1.57. The van der Waals surface area contributed by atoms with E-state index in [2.05, 4.69) is 10.6 Å². The molecule has 0 spiro atoms. The van der Waals surface area contributed by atoms with E-state index < -0.39 is 5.97 Å². The minimum absolute atomic E-state index is 0.271. The summed E-state index contributed by atoms with van der Waals surface area (Å²) >= 11 is 0. The Morgan fingerprint density at radius 3 is 3.08 bits per heavy atom. The van der Waals surface area contributed by atoms with Gasteiger partial charge in [-0.3, -0.25) is 4.79 Å². The number of aliphatic carboxylic acids is 1. The molecule has 1 aliphatic rings. The van der Waals surface area contributed by atoms with Gasteiger partial charge in [0.25, 0.3) is 0 Å². The third-order valence-corrected chi connectivity index (χ3v) is 2.30. The minimum atomic E-state index is -0.705. The number of carbonyl (C=O) groups is 1. The van der Waals surface area contributed by atoms with Crippen molar-refractivity contribution in [3.8, 4) is 0 Å². The van der Waals surface area contributed by atoms with Crippen LogP contribution in [0.25, 0.3) is 0 Å². The second-order valence-electron chi connectivity index (χ2n) is 3.49. The second kappa shape index (κ2) is 5.94. The predicted molar refractivity (Wildman–Crippen MR) is 50.8 cm³/mol. The molecule has 1 fully saturated rings. The molecule has 0 saturated carbocycles. The molecule has 0 radical (unpaired) electrons. The van der Waals surface area contributed by atoms with Gasteiger partial charge in [0, 0.05) is 19.0 Å². The van der Waals surface area contributed by atoms with Crippen LogP contribution in [-0.2, 0) is 4.79 Å². The average Bonchev–Trinajstić information content (AvgIpc) is 2.14. The van der Waals surface area contributed by atoms with E-state index in [1.165, 1.54) is 12.8 Å². The van der Waals surface area contributed by atoms with Crippen LogP contribution in [0, 0.1) is 0 Å². The lowest BCUT2D eigenvalue weighted by atomic mass is 10.1. The highest BCUT2D eigenvalue weighted by molar-refractivity contribution is 5.66. The number of carboxylic acid groups (broad SMARTS) is 1. The molecule has 1 aliphatic heterocycles. The van der Waals surface area contributed by atoms with Crippen LogP contribution in [0.1, 0.15) is 25.7 Å². The second-order valence-corrected chi connectivity index (χ2v) is 3.49. The molecule has 76 valence electrons. The van der Waals surface area contributed by atoms with E-state index >= 15 is 0 Å². The van der Waals surface area contributed by atoms with Crippen molar-refractivity contribution < 1.29 is 9.90 Å². The monoisotopic (exact) mass is 186 g/mol. The number of rotatable bonds is 5. The Labute approximate surface area is 78.7 Å². The molecule has 3 N–H and O–H groups in total. The Morgan fingerprint density at radius 1 is 1.62 bits per heavy atom. The summed E-state index contributed by atoms with van der Waals surface area (Å²) in [5, 5.41) is 15.1. The van der Waals surface area contributed by atoms with Crippen molar-refractivity contribution in [2.75, 3.05) is 19.6 Å². The SMILES string of the molecule is O=C(O)CCCNC1CCCNC1. The van der Waals surface area contributed by atoms with Crippen LogP contribution in [0.5, 0.6) is 0 Å². The van der Waals surface area contributed by atoms with Gasteiger partial charge in [-0.1, -0.05) is 0 Å². The first-order chi connectivity index (χ1) is 6.29. The molecule has 4 nitrogen and oxygen atoms in total. The van der Waals surface area contributed by atoms with E-state index in [0.717, 1.165) is 26.1 Å². The number of nitrogens with one attached hydrogen (secondary N) is 2. The fraction of sp³-hybridized carbons (Fsp3) is 0.889. The molecule has 4 heteroatoms. The van der Waals surface area contributed by atoms with E-state index in [0.29, 0.717) is 6.04 Å². The Balaban J connectivity index is 1.95. The summed E-state index contributed by atoms with van der Waals surface area (Å²) in [5.74, 6) is -0.705. The number of piperidine rings is 1. The van der Waals surface area contributed by atoms with Gasteiger partial charge in [-0.05, 0) is 32.4 Å². The van der Waals surface area contributed by atoms with Gasteiger partial charge in [0.15, 0.2) is 0 Å². The molecule has 1 unspecified atom stereocenters. The highest BCUT2D eigenvalue weighted by atomic mass is 16.4. The standard InChI is InChI=1S/C9H18N2O2/c12-9(13)4-2-6-11-8-3-1-5-10-7-8/h8,10-11H,1-7H2,(H,12,13). The van der Waals surface area contributed by atoms with Crippen molar-refractivity contribution in [2.45, 2.75) is 31.7 Å². The largest absolute Gasteiger partial charge is 0.481 e. The molecule has 0 aromatic heterocycles. The Hall–Kier alpha value is -0.610. The first-order valence-corrected chi connectivity index (χ1v) is 4.95. The van der Waals surface area contributed by atoms with Gasteiger partial charge in [-0.2, -0.15) is 0 Å². The molecule has 0 aromatic rings.